The van der Waals surface area contributed by atoms with Crippen molar-refractivity contribution in [2.75, 3.05) is 12.8 Å². The van der Waals surface area contributed by atoms with Gasteiger partial charge in [-0.2, -0.15) is 15.3 Å². The van der Waals surface area contributed by atoms with E-state index in [0.717, 1.165) is 28.5 Å². The summed E-state index contributed by atoms with van der Waals surface area (Å²) in [6.45, 7) is -0.589. The van der Waals surface area contributed by atoms with Crippen molar-refractivity contribution in [3.63, 3.8) is 0 Å². The molecule has 0 radical (unpaired) electrons. The first-order chi connectivity index (χ1) is 20.5. The van der Waals surface area contributed by atoms with Crippen molar-refractivity contribution < 1.29 is 27.2 Å². The first kappa shape index (κ1) is 28.4. The summed E-state index contributed by atoms with van der Waals surface area (Å²) in [5, 5.41) is 15.3. The summed E-state index contributed by atoms with van der Waals surface area (Å²) in [4.78, 5) is 40.5. The Hall–Kier alpha value is -4.72. The van der Waals surface area contributed by atoms with Gasteiger partial charge < -0.3 is 16.0 Å². The molecular weight excluding hydrogens is 577 g/mol. The number of fused-ring (bicyclic) bond motifs is 2. The van der Waals surface area contributed by atoms with Crippen LogP contribution in [0.2, 0.25) is 0 Å². The predicted molar refractivity (Wildman–Crippen MR) is 153 cm³/mol. The molecule has 1 saturated heterocycles. The molecule has 43 heavy (non-hydrogen) atoms. The number of aromatic nitrogens is 4. The fourth-order valence-electron chi connectivity index (χ4n) is 5.89. The van der Waals surface area contributed by atoms with E-state index in [-0.39, 0.29) is 36.1 Å². The number of nitrogens with one attached hydrogen (secondary N) is 1. The van der Waals surface area contributed by atoms with Crippen molar-refractivity contribution in [1.82, 2.24) is 30.2 Å². The molecule has 3 unspecified atom stereocenters. The lowest BCUT2D eigenvalue weighted by Crippen LogP contribution is -2.47. The van der Waals surface area contributed by atoms with Gasteiger partial charge in [-0.25, -0.2) is 12.8 Å². The third kappa shape index (κ3) is 5.45. The topological polar surface area (TPSA) is 170 Å². The van der Waals surface area contributed by atoms with Gasteiger partial charge in [-0.15, -0.1) is 0 Å². The summed E-state index contributed by atoms with van der Waals surface area (Å²) in [6, 6.07) is 10.4. The highest BCUT2D eigenvalue weighted by molar-refractivity contribution is 7.90. The molecule has 14 heteroatoms. The molecule has 1 fully saturated rings. The van der Waals surface area contributed by atoms with Crippen molar-refractivity contribution in [3.8, 4) is 11.1 Å². The Balaban J connectivity index is 1.22. The Morgan fingerprint density at radius 1 is 1.09 bits per heavy atom. The Kier molecular flexibility index (Phi) is 7.16. The van der Waals surface area contributed by atoms with Crippen LogP contribution < -0.4 is 11.1 Å². The molecule has 2 aromatic carbocycles. The SMILES string of the molecule is CS(=O)(=O)c1ccc2c(c1)CCC2NC(=O)C1CC(F)CN1C(=O)Cn1nc(C(N)=O)c2cc(-c3ccnnc3)ccc21. The lowest BCUT2D eigenvalue weighted by Gasteiger charge is -2.25. The summed E-state index contributed by atoms with van der Waals surface area (Å²) < 4.78 is 39.8. The van der Waals surface area contributed by atoms with Crippen molar-refractivity contribution in [2.45, 2.75) is 49.0 Å². The highest BCUT2D eigenvalue weighted by Crippen LogP contribution is 2.34. The molecule has 2 aromatic heterocycles. The molecule has 0 spiro atoms. The van der Waals surface area contributed by atoms with E-state index in [4.69, 9.17) is 5.73 Å². The van der Waals surface area contributed by atoms with E-state index in [1.54, 1.807) is 42.6 Å². The molecule has 6 rings (SSSR count). The number of nitrogens with zero attached hydrogens (tertiary/aromatic N) is 5. The second-order valence-corrected chi connectivity index (χ2v) is 12.9. The molecule has 4 aromatic rings. The lowest BCUT2D eigenvalue weighted by atomic mass is 10.0. The number of amides is 3. The summed E-state index contributed by atoms with van der Waals surface area (Å²) in [7, 11) is -3.37. The van der Waals surface area contributed by atoms with E-state index in [2.05, 4.69) is 20.6 Å². The maximum absolute atomic E-state index is 14.6. The van der Waals surface area contributed by atoms with Crippen LogP contribution in [0.4, 0.5) is 4.39 Å². The van der Waals surface area contributed by atoms with Gasteiger partial charge in [0, 0.05) is 23.6 Å². The monoisotopic (exact) mass is 605 g/mol. The number of hydrogen-bond acceptors (Lipinski definition) is 8. The normalized spacial score (nSPS) is 19.9. The van der Waals surface area contributed by atoms with Gasteiger partial charge in [0.1, 0.15) is 18.8 Å². The Morgan fingerprint density at radius 3 is 2.63 bits per heavy atom. The fraction of sp³-hybridized carbons (Fsp3) is 0.310. The third-order valence-electron chi connectivity index (χ3n) is 8.00. The molecular formula is C29H28FN7O5S. The van der Waals surface area contributed by atoms with Gasteiger partial charge in [-0.3, -0.25) is 19.1 Å². The Labute approximate surface area is 246 Å². The van der Waals surface area contributed by atoms with E-state index in [1.165, 1.54) is 21.8 Å². The molecule has 3 amide bonds. The molecule has 0 saturated carbocycles. The Morgan fingerprint density at radius 2 is 1.91 bits per heavy atom. The zero-order valence-electron chi connectivity index (χ0n) is 23.1. The quantitative estimate of drug-likeness (QED) is 0.321. The molecule has 2 aliphatic rings. The summed E-state index contributed by atoms with van der Waals surface area (Å²) >= 11 is 0. The number of nitrogens with two attached hydrogens (primary N) is 1. The zero-order valence-corrected chi connectivity index (χ0v) is 23.9. The summed E-state index contributed by atoms with van der Waals surface area (Å²) in [6.07, 6.45) is 3.84. The number of likely N-dealkylation sites (tertiary alicyclic amines) is 1. The average Bonchev–Trinajstić information content (AvgIpc) is 3.68. The zero-order chi connectivity index (χ0) is 30.5. The average molecular weight is 606 g/mol. The van der Waals surface area contributed by atoms with E-state index < -0.39 is 39.8 Å². The van der Waals surface area contributed by atoms with Gasteiger partial charge >= 0.3 is 0 Å². The minimum atomic E-state index is -3.37. The van der Waals surface area contributed by atoms with Crippen LogP contribution in [0.5, 0.6) is 0 Å². The fourth-order valence-corrected chi connectivity index (χ4v) is 6.56. The van der Waals surface area contributed by atoms with Crippen molar-refractivity contribution in [3.05, 3.63) is 71.7 Å². The largest absolute Gasteiger partial charge is 0.364 e. The van der Waals surface area contributed by atoms with Crippen molar-refractivity contribution in [2.24, 2.45) is 5.73 Å². The van der Waals surface area contributed by atoms with Crippen LogP contribution in [0, 0.1) is 0 Å². The maximum atomic E-state index is 14.6. The second-order valence-electron chi connectivity index (χ2n) is 10.9. The molecule has 222 valence electrons. The first-order valence-electron chi connectivity index (χ1n) is 13.6. The number of sulfone groups is 1. The smallest absolute Gasteiger partial charge is 0.269 e. The Bertz CT molecular complexity index is 1880. The number of carbonyl (C=O) groups excluding carboxylic acids is 3. The third-order valence-corrected chi connectivity index (χ3v) is 9.11. The van der Waals surface area contributed by atoms with Crippen LogP contribution >= 0.6 is 0 Å². The number of alkyl halides is 1. The minimum Gasteiger partial charge on any atom is -0.364 e. The number of aryl methyl sites for hydroxylation is 1. The van der Waals surface area contributed by atoms with Crippen LogP contribution in [0.15, 0.2) is 59.8 Å². The van der Waals surface area contributed by atoms with Gasteiger partial charge in [0.15, 0.2) is 15.5 Å². The minimum absolute atomic E-state index is 0.0234. The molecule has 3 atom stereocenters. The summed E-state index contributed by atoms with van der Waals surface area (Å²) in [5.74, 6) is -1.80. The number of halogens is 1. The predicted octanol–water partition coefficient (Wildman–Crippen LogP) is 1.74. The highest BCUT2D eigenvalue weighted by atomic mass is 32.2. The van der Waals surface area contributed by atoms with Gasteiger partial charge in [0.2, 0.25) is 11.8 Å². The lowest BCUT2D eigenvalue weighted by molar-refractivity contribution is -0.139. The van der Waals surface area contributed by atoms with E-state index in [0.29, 0.717) is 23.7 Å². The van der Waals surface area contributed by atoms with E-state index in [9.17, 15) is 27.2 Å². The van der Waals surface area contributed by atoms with E-state index >= 15 is 0 Å². The highest BCUT2D eigenvalue weighted by Gasteiger charge is 2.41. The van der Waals surface area contributed by atoms with E-state index in [1.807, 2.05) is 0 Å². The maximum Gasteiger partial charge on any atom is 0.269 e. The molecule has 12 nitrogen and oxygen atoms in total. The van der Waals surface area contributed by atoms with Gasteiger partial charge in [0.05, 0.1) is 35.4 Å². The van der Waals surface area contributed by atoms with Crippen molar-refractivity contribution >= 4 is 38.5 Å². The second kappa shape index (κ2) is 10.8. The van der Waals surface area contributed by atoms with Crippen LogP contribution in [0.1, 0.15) is 40.5 Å². The number of rotatable bonds is 7. The van der Waals surface area contributed by atoms with Crippen LogP contribution in [-0.4, -0.2) is 76.0 Å². The number of carbonyl (C=O) groups is 3. The number of hydrogen-bond donors (Lipinski definition) is 2. The van der Waals surface area contributed by atoms with Crippen LogP contribution in [-0.2, 0) is 32.4 Å². The molecule has 3 heterocycles. The van der Waals surface area contributed by atoms with Crippen LogP contribution in [0.25, 0.3) is 22.0 Å². The molecule has 1 aliphatic heterocycles. The number of benzene rings is 2. The molecule has 0 bridgehead atoms. The van der Waals surface area contributed by atoms with Gasteiger partial charge in [-0.05, 0) is 59.9 Å². The standard InChI is InChI=1S/C29H28FN7O5S/c1-43(41,42)20-4-5-21-17(10-20)2-6-23(21)34-29(40)25-12-19(30)14-36(25)26(38)15-37-24-7-3-16(18-8-9-32-33-13-18)11-22(24)27(35-37)28(31)39/h3-5,7-11,13,19,23,25H,2,6,12,14-15H2,1H3,(H2,31,39)(H,34,40). The molecule has 1 aliphatic carbocycles. The first-order valence-corrected chi connectivity index (χ1v) is 15.5. The summed E-state index contributed by atoms with van der Waals surface area (Å²) in [5.41, 5.74) is 9.18. The van der Waals surface area contributed by atoms with Crippen molar-refractivity contribution in [1.29, 1.82) is 0 Å². The van der Waals surface area contributed by atoms with Gasteiger partial charge in [0.25, 0.3) is 5.91 Å². The molecule has 3 N–H and O–H groups in total. The number of primary amides is 1. The van der Waals surface area contributed by atoms with Gasteiger partial charge in [-0.1, -0.05) is 12.1 Å². The van der Waals surface area contributed by atoms with Crippen LogP contribution in [0.3, 0.4) is 0 Å².